The minimum Gasteiger partial charge on any atom is -0.378 e. The van der Waals surface area contributed by atoms with Crippen LogP contribution in [-0.4, -0.2) is 59.4 Å². The number of benzene rings is 1. The Morgan fingerprint density at radius 1 is 1.10 bits per heavy atom. The molecule has 1 N–H and O–H groups in total. The van der Waals surface area contributed by atoms with Crippen molar-refractivity contribution >= 4 is 28.5 Å². The van der Waals surface area contributed by atoms with Crippen LogP contribution < -0.4 is 5.32 Å². The van der Waals surface area contributed by atoms with E-state index in [1.807, 2.05) is 24.3 Å². The number of amides is 2. The number of ether oxygens (including phenoxy) is 1. The normalized spacial score (nSPS) is 22.1. The van der Waals surface area contributed by atoms with Gasteiger partial charge in [-0.3, -0.25) is 14.4 Å². The molecule has 1 aromatic heterocycles. The lowest BCUT2D eigenvalue weighted by Crippen LogP contribution is -2.44. The Balaban J connectivity index is 1.54. The molecule has 7 heteroatoms. The summed E-state index contributed by atoms with van der Waals surface area (Å²) in [5.41, 5.74) is 1.13. The number of Topliss-reactive ketones (excluding diaryl/α,β-unsaturated/α-hetero) is 1. The Kier molecular flexibility index (Phi) is 6.18. The summed E-state index contributed by atoms with van der Waals surface area (Å²) in [5, 5.41) is 3.64. The van der Waals surface area contributed by atoms with E-state index in [0.29, 0.717) is 43.2 Å². The fourth-order valence-corrected chi connectivity index (χ4v) is 4.50. The second kappa shape index (κ2) is 9.00. The molecule has 2 unspecified atom stereocenters. The molecule has 2 atom stereocenters. The number of carbonyl (C=O) groups is 3. The lowest BCUT2D eigenvalue weighted by molar-refractivity contribution is -0.135. The number of nitrogens with zero attached hydrogens (tertiary/aromatic N) is 2. The molecule has 7 nitrogen and oxygen atoms in total. The summed E-state index contributed by atoms with van der Waals surface area (Å²) in [5.74, 6) is -0.737. The highest BCUT2D eigenvalue weighted by atomic mass is 16.5. The molecule has 160 valence electrons. The molecular formula is C23H29N3O4. The van der Waals surface area contributed by atoms with Gasteiger partial charge in [-0.2, -0.15) is 0 Å². The molecule has 1 aromatic carbocycles. The third-order valence-electron chi connectivity index (χ3n) is 6.34. The largest absolute Gasteiger partial charge is 0.378 e. The average molecular weight is 412 g/mol. The molecule has 1 aliphatic carbocycles. The number of morpholine rings is 1. The van der Waals surface area contributed by atoms with Crippen molar-refractivity contribution < 1.29 is 19.1 Å². The maximum Gasteiger partial charge on any atom is 0.292 e. The number of para-hydroxylation sites is 1. The van der Waals surface area contributed by atoms with Gasteiger partial charge in [0.2, 0.25) is 5.91 Å². The van der Waals surface area contributed by atoms with E-state index in [1.54, 1.807) is 15.7 Å². The summed E-state index contributed by atoms with van der Waals surface area (Å²) in [6, 6.07) is 7.46. The van der Waals surface area contributed by atoms with Crippen molar-refractivity contribution in [3.63, 3.8) is 0 Å². The highest BCUT2D eigenvalue weighted by Gasteiger charge is 2.28. The molecule has 0 spiro atoms. The van der Waals surface area contributed by atoms with E-state index in [0.717, 1.165) is 24.8 Å². The molecule has 0 bridgehead atoms. The molecular weight excluding hydrogens is 382 g/mol. The smallest absolute Gasteiger partial charge is 0.292 e. The average Bonchev–Trinajstić information content (AvgIpc) is 3.14. The fourth-order valence-electron chi connectivity index (χ4n) is 4.50. The Labute approximate surface area is 176 Å². The van der Waals surface area contributed by atoms with Crippen LogP contribution in [0.4, 0.5) is 0 Å². The van der Waals surface area contributed by atoms with Crippen molar-refractivity contribution in [2.45, 2.75) is 45.2 Å². The van der Waals surface area contributed by atoms with Crippen molar-refractivity contribution in [1.82, 2.24) is 14.8 Å². The van der Waals surface area contributed by atoms with Crippen LogP contribution in [0.1, 0.15) is 43.0 Å². The lowest BCUT2D eigenvalue weighted by atomic mass is 9.86. The van der Waals surface area contributed by atoms with Crippen LogP contribution >= 0.6 is 0 Å². The highest BCUT2D eigenvalue weighted by molar-refractivity contribution is 6.45. The second-order valence-electron chi connectivity index (χ2n) is 8.35. The zero-order valence-electron chi connectivity index (χ0n) is 17.4. The standard InChI is InChI=1S/C23H29N3O4/c1-16-6-2-4-8-19(16)24-23(29)22(28)18-14-26(20-9-5-3-7-17(18)20)15-21(27)25-10-12-30-13-11-25/h3,5,7,9,14,16,19H,2,4,6,8,10-13,15H2,1H3,(H,24,29). The van der Waals surface area contributed by atoms with Gasteiger partial charge in [0.05, 0.1) is 18.8 Å². The number of aromatic nitrogens is 1. The summed E-state index contributed by atoms with van der Waals surface area (Å²) >= 11 is 0. The Bertz CT molecular complexity index is 945. The van der Waals surface area contributed by atoms with E-state index in [9.17, 15) is 14.4 Å². The molecule has 30 heavy (non-hydrogen) atoms. The lowest BCUT2D eigenvalue weighted by Gasteiger charge is -2.29. The van der Waals surface area contributed by atoms with Crippen LogP contribution in [0.25, 0.3) is 10.9 Å². The van der Waals surface area contributed by atoms with Gasteiger partial charge in [-0.1, -0.05) is 38.0 Å². The summed E-state index contributed by atoms with van der Waals surface area (Å²) in [6.45, 7) is 4.49. The van der Waals surface area contributed by atoms with Gasteiger partial charge in [0, 0.05) is 36.2 Å². The van der Waals surface area contributed by atoms with Gasteiger partial charge in [-0.25, -0.2) is 0 Å². The molecule has 1 saturated heterocycles. The zero-order valence-corrected chi connectivity index (χ0v) is 17.4. The van der Waals surface area contributed by atoms with Gasteiger partial charge in [0.25, 0.3) is 11.7 Å². The maximum atomic E-state index is 13.0. The minimum atomic E-state index is -0.559. The molecule has 0 radical (unpaired) electrons. The third kappa shape index (κ3) is 4.26. The van der Waals surface area contributed by atoms with Gasteiger partial charge in [-0.05, 0) is 24.8 Å². The molecule has 4 rings (SSSR count). The summed E-state index contributed by atoms with van der Waals surface area (Å²) in [7, 11) is 0. The van der Waals surface area contributed by atoms with Gasteiger partial charge < -0.3 is 19.5 Å². The van der Waals surface area contributed by atoms with Crippen LogP contribution in [0.15, 0.2) is 30.5 Å². The van der Waals surface area contributed by atoms with E-state index in [4.69, 9.17) is 4.74 Å². The fraction of sp³-hybridized carbons (Fsp3) is 0.522. The van der Waals surface area contributed by atoms with Crippen molar-refractivity contribution in [3.05, 3.63) is 36.0 Å². The van der Waals surface area contributed by atoms with Crippen molar-refractivity contribution in [3.8, 4) is 0 Å². The van der Waals surface area contributed by atoms with Gasteiger partial charge in [0.15, 0.2) is 0 Å². The monoisotopic (exact) mass is 411 g/mol. The number of ketones is 1. The Morgan fingerprint density at radius 3 is 2.60 bits per heavy atom. The third-order valence-corrected chi connectivity index (χ3v) is 6.34. The minimum absolute atomic E-state index is 0.0152. The van der Waals surface area contributed by atoms with Gasteiger partial charge in [-0.15, -0.1) is 0 Å². The van der Waals surface area contributed by atoms with E-state index >= 15 is 0 Å². The SMILES string of the molecule is CC1CCCCC1NC(=O)C(=O)c1cn(CC(=O)N2CCOCC2)c2ccccc12. The van der Waals surface area contributed by atoms with Crippen LogP contribution in [0.3, 0.4) is 0 Å². The van der Waals surface area contributed by atoms with Crippen LogP contribution in [0, 0.1) is 5.92 Å². The number of hydrogen-bond acceptors (Lipinski definition) is 4. The first-order valence-electron chi connectivity index (χ1n) is 10.8. The predicted molar refractivity (Wildman–Crippen MR) is 113 cm³/mol. The molecule has 2 aliphatic rings. The summed E-state index contributed by atoms with van der Waals surface area (Å²) in [4.78, 5) is 40.2. The number of hydrogen-bond donors (Lipinski definition) is 1. The van der Waals surface area contributed by atoms with Gasteiger partial charge >= 0.3 is 0 Å². The van der Waals surface area contributed by atoms with Crippen LogP contribution in [-0.2, 0) is 20.9 Å². The van der Waals surface area contributed by atoms with Crippen LogP contribution in [0.5, 0.6) is 0 Å². The van der Waals surface area contributed by atoms with E-state index in [1.165, 1.54) is 6.42 Å². The molecule has 2 heterocycles. The first-order chi connectivity index (χ1) is 14.5. The topological polar surface area (TPSA) is 80.6 Å². The van der Waals surface area contributed by atoms with Crippen molar-refractivity contribution in [1.29, 1.82) is 0 Å². The summed E-state index contributed by atoms with van der Waals surface area (Å²) in [6.07, 6.45) is 5.88. The Hall–Kier alpha value is -2.67. The number of fused-ring (bicyclic) bond motifs is 1. The van der Waals surface area contributed by atoms with Crippen LogP contribution in [0.2, 0.25) is 0 Å². The molecule has 2 aromatic rings. The van der Waals surface area contributed by atoms with E-state index in [-0.39, 0.29) is 18.5 Å². The predicted octanol–water partition coefficient (Wildman–Crippen LogP) is 2.38. The second-order valence-corrected chi connectivity index (χ2v) is 8.35. The molecule has 2 fully saturated rings. The van der Waals surface area contributed by atoms with Crippen molar-refractivity contribution in [2.75, 3.05) is 26.3 Å². The van der Waals surface area contributed by atoms with E-state index in [2.05, 4.69) is 12.2 Å². The number of carbonyl (C=O) groups excluding carboxylic acids is 3. The van der Waals surface area contributed by atoms with Crippen molar-refractivity contribution in [2.24, 2.45) is 5.92 Å². The molecule has 2 amide bonds. The first kappa shape index (κ1) is 20.6. The Morgan fingerprint density at radius 2 is 1.83 bits per heavy atom. The quantitative estimate of drug-likeness (QED) is 0.605. The zero-order chi connectivity index (χ0) is 21.1. The van der Waals surface area contributed by atoms with Gasteiger partial charge in [0.1, 0.15) is 6.54 Å². The molecule has 1 aliphatic heterocycles. The summed E-state index contributed by atoms with van der Waals surface area (Å²) < 4.78 is 7.09. The first-order valence-corrected chi connectivity index (χ1v) is 10.8. The number of nitrogens with one attached hydrogen (secondary N) is 1. The van der Waals surface area contributed by atoms with E-state index < -0.39 is 11.7 Å². The number of rotatable bonds is 5. The maximum absolute atomic E-state index is 13.0. The molecule has 1 saturated carbocycles. The highest BCUT2D eigenvalue weighted by Crippen LogP contribution is 2.25.